The number of aromatic nitrogens is 3. The van der Waals surface area contributed by atoms with Crippen LogP contribution in [0, 0.1) is 11.3 Å². The molecule has 0 spiro atoms. The van der Waals surface area contributed by atoms with Crippen LogP contribution >= 0.6 is 0 Å². The Morgan fingerprint density at radius 1 is 1.21 bits per heavy atom. The summed E-state index contributed by atoms with van der Waals surface area (Å²) in [5, 5.41) is 32.4. The van der Waals surface area contributed by atoms with E-state index in [1.165, 1.54) is 11.1 Å². The van der Waals surface area contributed by atoms with Crippen molar-refractivity contribution in [3.63, 3.8) is 0 Å². The average Bonchev–Trinajstić information content (AvgIpc) is 3.26. The van der Waals surface area contributed by atoms with Gasteiger partial charge in [-0.1, -0.05) is 24.2 Å². The number of nitrogens with zero attached hydrogens (tertiary/aromatic N) is 5. The smallest absolute Gasteiger partial charge is 0.259 e. The van der Waals surface area contributed by atoms with Crippen molar-refractivity contribution in [1.82, 2.24) is 20.0 Å². The van der Waals surface area contributed by atoms with Gasteiger partial charge in [-0.3, -0.25) is 0 Å². The highest BCUT2D eigenvalue weighted by Crippen LogP contribution is 2.27. The second kappa shape index (κ2) is 10.5. The lowest BCUT2D eigenvalue weighted by Crippen LogP contribution is -2.35. The van der Waals surface area contributed by atoms with Crippen LogP contribution in [0.15, 0.2) is 35.0 Å². The first-order valence-corrected chi connectivity index (χ1v) is 11.1. The molecule has 0 fully saturated rings. The summed E-state index contributed by atoms with van der Waals surface area (Å²) >= 11 is 0. The molecular formula is C24H27N5O4. The summed E-state index contributed by atoms with van der Waals surface area (Å²) in [5.41, 5.74) is 4.20. The summed E-state index contributed by atoms with van der Waals surface area (Å²) < 4.78 is 11.0. The van der Waals surface area contributed by atoms with Crippen molar-refractivity contribution >= 4 is 0 Å². The highest BCUT2D eigenvalue weighted by atomic mass is 16.5. The second-order valence-electron chi connectivity index (χ2n) is 8.08. The molecule has 0 aliphatic carbocycles. The van der Waals surface area contributed by atoms with E-state index in [1.807, 2.05) is 13.0 Å². The first kappa shape index (κ1) is 22.9. The van der Waals surface area contributed by atoms with Gasteiger partial charge in [-0.25, -0.2) is 4.98 Å². The van der Waals surface area contributed by atoms with Crippen LogP contribution in [-0.2, 0) is 12.8 Å². The van der Waals surface area contributed by atoms with Crippen molar-refractivity contribution in [2.45, 2.75) is 32.3 Å². The molecule has 33 heavy (non-hydrogen) atoms. The number of nitriles is 1. The molecule has 0 unspecified atom stereocenters. The molecule has 9 heteroatoms. The third-order valence-corrected chi connectivity index (χ3v) is 5.63. The lowest BCUT2D eigenvalue weighted by Gasteiger charge is -2.21. The lowest BCUT2D eigenvalue weighted by atomic mass is 10.00. The van der Waals surface area contributed by atoms with Gasteiger partial charge in [-0.2, -0.15) is 10.2 Å². The largest absolute Gasteiger partial charge is 0.477 e. The highest BCUT2D eigenvalue weighted by molar-refractivity contribution is 5.62. The Kier molecular flexibility index (Phi) is 7.29. The number of benzene rings is 1. The molecule has 0 saturated carbocycles. The van der Waals surface area contributed by atoms with Crippen LogP contribution in [0.4, 0.5) is 0 Å². The van der Waals surface area contributed by atoms with Crippen LogP contribution in [0.5, 0.6) is 5.88 Å². The topological polar surface area (TPSA) is 129 Å². The van der Waals surface area contributed by atoms with E-state index in [9.17, 15) is 10.4 Å². The van der Waals surface area contributed by atoms with E-state index in [0.717, 1.165) is 37.9 Å². The van der Waals surface area contributed by atoms with Gasteiger partial charge in [0.25, 0.3) is 5.89 Å². The van der Waals surface area contributed by atoms with Gasteiger partial charge in [0.2, 0.25) is 11.7 Å². The maximum Gasteiger partial charge on any atom is 0.259 e. The van der Waals surface area contributed by atoms with Crippen LogP contribution in [0.25, 0.3) is 22.8 Å². The van der Waals surface area contributed by atoms with Gasteiger partial charge in [0.05, 0.1) is 24.9 Å². The number of fused-ring (bicyclic) bond motifs is 1. The molecule has 3 aromatic rings. The number of aliphatic hydroxyl groups is 2. The first-order valence-electron chi connectivity index (χ1n) is 11.1. The van der Waals surface area contributed by atoms with Crippen LogP contribution in [0.1, 0.15) is 30.0 Å². The minimum atomic E-state index is -0.720. The fraction of sp³-hybridized carbons (Fsp3) is 0.417. The molecule has 2 aromatic heterocycles. The van der Waals surface area contributed by atoms with Crippen LogP contribution in [0.3, 0.4) is 0 Å². The number of ether oxygens (including phenoxy) is 1. The number of hydrogen-bond donors (Lipinski definition) is 2. The van der Waals surface area contributed by atoms with Gasteiger partial charge < -0.3 is 24.4 Å². The molecule has 0 radical (unpaired) electrons. The molecule has 3 heterocycles. The Bertz CT molecular complexity index is 1140. The first-order chi connectivity index (χ1) is 16.1. The van der Waals surface area contributed by atoms with Crippen LogP contribution in [0.2, 0.25) is 0 Å². The number of rotatable bonds is 8. The van der Waals surface area contributed by atoms with Gasteiger partial charge in [0.15, 0.2) is 0 Å². The summed E-state index contributed by atoms with van der Waals surface area (Å²) in [5.74, 6) is 1.05. The van der Waals surface area contributed by atoms with Crippen LogP contribution < -0.4 is 4.74 Å². The molecule has 4 rings (SSSR count). The summed E-state index contributed by atoms with van der Waals surface area (Å²) in [7, 11) is 0. The van der Waals surface area contributed by atoms with E-state index in [4.69, 9.17) is 14.4 Å². The molecule has 0 saturated heterocycles. The zero-order valence-corrected chi connectivity index (χ0v) is 18.6. The predicted molar refractivity (Wildman–Crippen MR) is 120 cm³/mol. The molecule has 0 amide bonds. The van der Waals surface area contributed by atoms with Crippen molar-refractivity contribution in [3.8, 4) is 34.8 Å². The molecule has 0 bridgehead atoms. The van der Waals surface area contributed by atoms with E-state index in [-0.39, 0.29) is 12.5 Å². The van der Waals surface area contributed by atoms with Crippen molar-refractivity contribution in [2.24, 2.45) is 0 Å². The number of hydrogen-bond acceptors (Lipinski definition) is 9. The molecule has 1 aliphatic rings. The summed E-state index contributed by atoms with van der Waals surface area (Å²) in [4.78, 5) is 10.9. The van der Waals surface area contributed by atoms with Crippen molar-refractivity contribution in [2.75, 3.05) is 32.8 Å². The number of aliphatic hydroxyl groups excluding tert-OH is 2. The Morgan fingerprint density at radius 3 is 2.79 bits per heavy atom. The quantitative estimate of drug-likeness (QED) is 0.532. The van der Waals surface area contributed by atoms with Crippen molar-refractivity contribution in [1.29, 1.82) is 5.26 Å². The predicted octanol–water partition coefficient (Wildman–Crippen LogP) is 2.21. The zero-order chi connectivity index (χ0) is 23.2. The number of pyridine rings is 1. The third kappa shape index (κ3) is 5.37. The molecule has 2 N–H and O–H groups in total. The molecule has 9 nitrogen and oxygen atoms in total. The van der Waals surface area contributed by atoms with E-state index in [2.05, 4.69) is 38.2 Å². The van der Waals surface area contributed by atoms with E-state index in [1.54, 1.807) is 12.3 Å². The fourth-order valence-corrected chi connectivity index (χ4v) is 3.87. The second-order valence-corrected chi connectivity index (χ2v) is 8.08. The Labute approximate surface area is 192 Å². The molecule has 1 atom stereocenters. The van der Waals surface area contributed by atoms with E-state index >= 15 is 0 Å². The van der Waals surface area contributed by atoms with Gasteiger partial charge in [-0.15, -0.1) is 0 Å². The lowest BCUT2D eigenvalue weighted by molar-refractivity contribution is 0.0605. The molecule has 1 aromatic carbocycles. The summed E-state index contributed by atoms with van der Waals surface area (Å²) in [6.07, 6.45) is 3.38. The maximum absolute atomic E-state index is 9.75. The maximum atomic E-state index is 9.75. The summed E-state index contributed by atoms with van der Waals surface area (Å²) in [6, 6.07) is 9.89. The van der Waals surface area contributed by atoms with Gasteiger partial charge >= 0.3 is 0 Å². The minimum Gasteiger partial charge on any atom is -0.477 e. The average molecular weight is 450 g/mol. The van der Waals surface area contributed by atoms with Gasteiger partial charge in [0.1, 0.15) is 11.6 Å². The van der Waals surface area contributed by atoms with Gasteiger partial charge in [0, 0.05) is 31.4 Å². The molecule has 1 aliphatic heterocycles. The Balaban J connectivity index is 1.52. The van der Waals surface area contributed by atoms with E-state index < -0.39 is 6.10 Å². The normalized spacial score (nSPS) is 14.8. The Hall–Kier alpha value is -3.32. The van der Waals surface area contributed by atoms with E-state index in [0.29, 0.717) is 36.0 Å². The minimum absolute atomic E-state index is 0.229. The number of β-amino-alcohol motifs (C(OH)–C–C–N with tert-alkyl or cyclic N) is 1. The van der Waals surface area contributed by atoms with Crippen molar-refractivity contribution in [3.05, 3.63) is 47.2 Å². The SMILES string of the molecule is CCCOc1ncc(-c2nc(-c3ccc4c(c3)CCN(C[C@H](O)CO)CC4)no2)cc1C#N. The standard InChI is InChI=1S/C24H27N5O4/c1-2-9-32-23-19(12-25)11-20(13-26-23)24-27-22(28-33-24)18-4-3-16-5-7-29(14-21(31)15-30)8-6-17(16)10-18/h3-4,10-11,13,21,30-31H,2,5-9,14-15H2,1H3/t21-/m0/s1. The zero-order valence-electron chi connectivity index (χ0n) is 18.6. The monoisotopic (exact) mass is 449 g/mol. The van der Waals surface area contributed by atoms with Crippen LogP contribution in [-0.4, -0.2) is 69.2 Å². The highest BCUT2D eigenvalue weighted by Gasteiger charge is 2.19. The summed E-state index contributed by atoms with van der Waals surface area (Å²) in [6.45, 7) is 4.35. The fourth-order valence-electron chi connectivity index (χ4n) is 3.87. The Morgan fingerprint density at radius 2 is 2.03 bits per heavy atom. The molecular weight excluding hydrogens is 422 g/mol. The van der Waals surface area contributed by atoms with Crippen molar-refractivity contribution < 1.29 is 19.5 Å². The third-order valence-electron chi connectivity index (χ3n) is 5.63. The van der Waals surface area contributed by atoms with Gasteiger partial charge in [-0.05, 0) is 42.5 Å². The molecule has 172 valence electrons.